The molecule has 0 aromatic heterocycles. The second kappa shape index (κ2) is 2.74. The summed E-state index contributed by atoms with van der Waals surface area (Å²) in [6.45, 7) is 0.137. The first-order valence-electron chi connectivity index (χ1n) is 3.31. The number of nitrogens with one attached hydrogen (secondary N) is 1. The highest BCUT2D eigenvalue weighted by atomic mass is 16.2. The molecule has 60 valence electrons. The molecule has 0 radical (unpaired) electrons. The van der Waals surface area contributed by atoms with Gasteiger partial charge in [0.25, 0.3) is 5.91 Å². The van der Waals surface area contributed by atoms with Gasteiger partial charge in [-0.05, 0) is 0 Å². The van der Waals surface area contributed by atoms with Gasteiger partial charge in [0.15, 0.2) is 5.78 Å². The highest BCUT2D eigenvalue weighted by Gasteiger charge is 2.25. The van der Waals surface area contributed by atoms with Gasteiger partial charge < -0.3 is 10.2 Å². The highest BCUT2D eigenvalue weighted by molar-refractivity contribution is 6.24. The van der Waals surface area contributed by atoms with E-state index in [1.807, 2.05) is 0 Å². The summed E-state index contributed by atoms with van der Waals surface area (Å²) >= 11 is 0. The van der Waals surface area contributed by atoms with Crippen molar-refractivity contribution < 1.29 is 9.59 Å². The quantitative estimate of drug-likeness (QED) is 0.394. The van der Waals surface area contributed by atoms with Gasteiger partial charge in [0.05, 0.1) is 6.54 Å². The number of Topliss-reactive ketones (excluding diaryl/α,β-unsaturated/α-hetero) is 1. The lowest BCUT2D eigenvalue weighted by atomic mass is 10.2. The van der Waals surface area contributed by atoms with Crippen molar-refractivity contribution in [2.24, 2.45) is 0 Å². The summed E-state index contributed by atoms with van der Waals surface area (Å²) in [6.07, 6.45) is 1.53. The zero-order chi connectivity index (χ0) is 8.43. The van der Waals surface area contributed by atoms with Crippen LogP contribution in [0.15, 0.2) is 11.8 Å². The average Bonchev–Trinajstić information content (AvgIpc) is 2.18. The van der Waals surface area contributed by atoms with Crippen LogP contribution in [0.25, 0.3) is 0 Å². The summed E-state index contributed by atoms with van der Waals surface area (Å²) in [5.41, 5.74) is 0.245. The van der Waals surface area contributed by atoms with Crippen LogP contribution in [0, 0.1) is 0 Å². The topological polar surface area (TPSA) is 49.4 Å². The van der Waals surface area contributed by atoms with E-state index >= 15 is 0 Å². The fourth-order valence-electron chi connectivity index (χ4n) is 0.866. The Hall–Kier alpha value is -1.32. The standard InChI is InChI=1S/C7H10N2O2/c1-9(2)4-5-6(10)3-8-7(5)11/h4H,3H2,1-2H3,(H,8,11)/b5-4-. The fourth-order valence-corrected chi connectivity index (χ4v) is 0.866. The number of ketones is 1. The maximum atomic E-state index is 10.9. The molecular weight excluding hydrogens is 144 g/mol. The Labute approximate surface area is 64.9 Å². The molecule has 1 N–H and O–H groups in total. The lowest BCUT2D eigenvalue weighted by Crippen LogP contribution is -2.15. The van der Waals surface area contributed by atoms with E-state index in [0.29, 0.717) is 0 Å². The molecule has 0 aromatic carbocycles. The van der Waals surface area contributed by atoms with Gasteiger partial charge in [-0.3, -0.25) is 9.59 Å². The van der Waals surface area contributed by atoms with Crippen molar-refractivity contribution in [3.63, 3.8) is 0 Å². The van der Waals surface area contributed by atoms with Crippen molar-refractivity contribution in [2.75, 3.05) is 20.6 Å². The molecule has 1 rings (SSSR count). The van der Waals surface area contributed by atoms with E-state index in [9.17, 15) is 9.59 Å². The van der Waals surface area contributed by atoms with Crippen molar-refractivity contribution in [3.8, 4) is 0 Å². The first kappa shape index (κ1) is 7.78. The second-order valence-corrected chi connectivity index (χ2v) is 2.61. The third kappa shape index (κ3) is 1.58. The molecule has 1 saturated heterocycles. The summed E-state index contributed by atoms with van der Waals surface area (Å²) < 4.78 is 0. The molecule has 0 aliphatic carbocycles. The molecule has 0 atom stereocenters. The second-order valence-electron chi connectivity index (χ2n) is 2.61. The lowest BCUT2D eigenvalue weighted by Gasteiger charge is -2.03. The Morgan fingerprint density at radius 1 is 1.45 bits per heavy atom. The van der Waals surface area contributed by atoms with Gasteiger partial charge in [-0.1, -0.05) is 0 Å². The summed E-state index contributed by atoms with van der Waals surface area (Å²) in [4.78, 5) is 23.5. The average molecular weight is 154 g/mol. The maximum Gasteiger partial charge on any atom is 0.256 e. The molecule has 1 amide bonds. The molecular formula is C7H10N2O2. The number of carbonyl (C=O) groups excluding carboxylic acids is 2. The first-order valence-corrected chi connectivity index (χ1v) is 3.31. The molecule has 1 aliphatic rings. The van der Waals surface area contributed by atoms with Crippen LogP contribution in [-0.4, -0.2) is 37.2 Å². The van der Waals surface area contributed by atoms with Gasteiger partial charge in [0, 0.05) is 20.3 Å². The number of hydrogen-bond acceptors (Lipinski definition) is 3. The SMILES string of the molecule is CN(C)/C=C1/C(=O)CNC1=O. The molecule has 0 spiro atoms. The van der Waals surface area contributed by atoms with Crippen LogP contribution in [0.5, 0.6) is 0 Å². The molecule has 0 aromatic rings. The molecule has 4 nitrogen and oxygen atoms in total. The number of carbonyl (C=O) groups is 2. The zero-order valence-electron chi connectivity index (χ0n) is 6.55. The predicted octanol–water partition coefficient (Wildman–Crippen LogP) is -0.869. The van der Waals surface area contributed by atoms with Crippen molar-refractivity contribution in [1.29, 1.82) is 0 Å². The van der Waals surface area contributed by atoms with Crippen molar-refractivity contribution in [1.82, 2.24) is 10.2 Å². The van der Waals surface area contributed by atoms with E-state index in [1.165, 1.54) is 6.20 Å². The molecule has 1 fully saturated rings. The molecule has 0 bridgehead atoms. The number of amides is 1. The van der Waals surface area contributed by atoms with Crippen molar-refractivity contribution >= 4 is 11.7 Å². The molecule has 4 heteroatoms. The van der Waals surface area contributed by atoms with E-state index in [2.05, 4.69) is 5.32 Å². The van der Waals surface area contributed by atoms with Crippen molar-refractivity contribution in [3.05, 3.63) is 11.8 Å². The Kier molecular flexibility index (Phi) is 1.94. The smallest absolute Gasteiger partial charge is 0.256 e. The van der Waals surface area contributed by atoms with Crippen LogP contribution in [0.1, 0.15) is 0 Å². The molecule has 1 heterocycles. The fraction of sp³-hybridized carbons (Fsp3) is 0.429. The first-order chi connectivity index (χ1) is 5.11. The predicted molar refractivity (Wildman–Crippen MR) is 39.8 cm³/mol. The lowest BCUT2D eigenvalue weighted by molar-refractivity contribution is -0.117. The highest BCUT2D eigenvalue weighted by Crippen LogP contribution is 2.03. The summed E-state index contributed by atoms with van der Waals surface area (Å²) in [6, 6.07) is 0. The van der Waals surface area contributed by atoms with Crippen LogP contribution in [0.3, 0.4) is 0 Å². The van der Waals surface area contributed by atoms with Gasteiger partial charge in [-0.25, -0.2) is 0 Å². The van der Waals surface area contributed by atoms with Crippen LogP contribution in [0.4, 0.5) is 0 Å². The van der Waals surface area contributed by atoms with Crippen LogP contribution < -0.4 is 5.32 Å². The Morgan fingerprint density at radius 3 is 2.45 bits per heavy atom. The summed E-state index contributed by atoms with van der Waals surface area (Å²) in [7, 11) is 3.54. The summed E-state index contributed by atoms with van der Waals surface area (Å²) in [5, 5.41) is 2.44. The molecule has 0 unspecified atom stereocenters. The van der Waals surface area contributed by atoms with Gasteiger partial charge in [-0.2, -0.15) is 0 Å². The minimum absolute atomic E-state index is 0.135. The Balaban J connectivity index is 2.84. The largest absolute Gasteiger partial charge is 0.383 e. The number of rotatable bonds is 1. The van der Waals surface area contributed by atoms with Gasteiger partial charge in [0.1, 0.15) is 5.57 Å². The van der Waals surface area contributed by atoms with Crippen LogP contribution in [0.2, 0.25) is 0 Å². The minimum atomic E-state index is -0.274. The Morgan fingerprint density at radius 2 is 2.09 bits per heavy atom. The van der Waals surface area contributed by atoms with E-state index in [0.717, 1.165) is 0 Å². The number of nitrogens with zero attached hydrogens (tertiary/aromatic N) is 1. The monoisotopic (exact) mass is 154 g/mol. The third-order valence-electron chi connectivity index (χ3n) is 1.34. The normalized spacial score (nSPS) is 20.7. The zero-order valence-corrected chi connectivity index (χ0v) is 6.55. The van der Waals surface area contributed by atoms with Gasteiger partial charge in [0.2, 0.25) is 0 Å². The maximum absolute atomic E-state index is 10.9. The van der Waals surface area contributed by atoms with E-state index in [4.69, 9.17) is 0 Å². The molecule has 11 heavy (non-hydrogen) atoms. The van der Waals surface area contributed by atoms with Gasteiger partial charge in [-0.15, -0.1) is 0 Å². The van der Waals surface area contributed by atoms with E-state index < -0.39 is 0 Å². The van der Waals surface area contributed by atoms with Crippen molar-refractivity contribution in [2.45, 2.75) is 0 Å². The summed E-state index contributed by atoms with van der Waals surface area (Å²) in [5.74, 6) is -0.410. The molecule has 1 aliphatic heterocycles. The minimum Gasteiger partial charge on any atom is -0.383 e. The van der Waals surface area contributed by atoms with E-state index in [1.54, 1.807) is 19.0 Å². The number of hydrogen-bond donors (Lipinski definition) is 1. The Bertz CT molecular complexity index is 213. The van der Waals surface area contributed by atoms with Crippen LogP contribution in [-0.2, 0) is 9.59 Å². The van der Waals surface area contributed by atoms with E-state index in [-0.39, 0.29) is 23.8 Å². The van der Waals surface area contributed by atoms with Crippen LogP contribution >= 0.6 is 0 Å². The third-order valence-corrected chi connectivity index (χ3v) is 1.34. The van der Waals surface area contributed by atoms with Gasteiger partial charge >= 0.3 is 0 Å². The molecule has 0 saturated carbocycles.